The van der Waals surface area contributed by atoms with Crippen molar-refractivity contribution in [3.05, 3.63) is 124 Å². The van der Waals surface area contributed by atoms with Crippen LogP contribution in [0.4, 0.5) is 5.69 Å². The van der Waals surface area contributed by atoms with Crippen LogP contribution in [0.5, 0.6) is 0 Å². The van der Waals surface area contributed by atoms with Gasteiger partial charge in [-0.05, 0) is 80.3 Å². The highest BCUT2D eigenvalue weighted by Crippen LogP contribution is 2.43. The van der Waals surface area contributed by atoms with Crippen LogP contribution in [0.15, 0.2) is 91.1 Å². The van der Waals surface area contributed by atoms with Crippen LogP contribution in [0.1, 0.15) is 46.7 Å². The molecule has 8 heteroatoms. The number of hydrogen-bond donors (Lipinski definition) is 2. The van der Waals surface area contributed by atoms with Gasteiger partial charge in [0, 0.05) is 57.9 Å². The lowest BCUT2D eigenvalue weighted by Crippen LogP contribution is -2.33. The average Bonchev–Trinajstić information content (AvgIpc) is 3.43. The Morgan fingerprint density at radius 2 is 1.74 bits per heavy atom. The molecule has 0 radical (unpaired) electrons. The highest BCUT2D eigenvalue weighted by molar-refractivity contribution is 7.80. The first-order chi connectivity index (χ1) is 20.3. The summed E-state index contributed by atoms with van der Waals surface area (Å²) >= 11 is 12.3. The summed E-state index contributed by atoms with van der Waals surface area (Å²) in [6, 6.07) is 27.5. The molecule has 2 N–H and O–H groups in total. The van der Waals surface area contributed by atoms with Crippen LogP contribution in [0.2, 0.25) is 5.02 Å². The minimum Gasteiger partial charge on any atom is -0.352 e. The second-order valence-electron chi connectivity index (χ2n) is 10.7. The first kappa shape index (κ1) is 27.9. The highest BCUT2D eigenvalue weighted by atomic mass is 35.5. The third kappa shape index (κ3) is 5.14. The standard InChI is InChI=1S/C34H32ClN5OS/c1-21-22(2)40(26-13-9-12-25(35)20-26)23(3)31(21)33-32(29-15-6-7-18-36-29)38-34(42)39(33)19-17-30(41)37-28-16-8-11-24-10-4-5-14-27(24)28/h4-16,18,20,32-33H,17,19H2,1-3H3,(H,37,41)(H,38,42)/t32-,33+/m1/s1. The summed E-state index contributed by atoms with van der Waals surface area (Å²) < 4.78 is 2.25. The van der Waals surface area contributed by atoms with E-state index in [-0.39, 0.29) is 24.4 Å². The molecule has 5 aromatic rings. The molecule has 1 saturated heterocycles. The molecule has 1 aliphatic heterocycles. The molecule has 6 nitrogen and oxygen atoms in total. The molecule has 3 heterocycles. The minimum atomic E-state index is -0.174. The number of hydrogen-bond acceptors (Lipinski definition) is 3. The maximum atomic E-state index is 13.3. The Labute approximate surface area is 256 Å². The van der Waals surface area contributed by atoms with E-state index in [1.54, 1.807) is 6.20 Å². The van der Waals surface area contributed by atoms with Crippen molar-refractivity contribution >= 4 is 51.3 Å². The third-order valence-electron chi connectivity index (χ3n) is 8.21. The number of amides is 1. The summed E-state index contributed by atoms with van der Waals surface area (Å²) in [5.41, 5.74) is 7.31. The summed E-state index contributed by atoms with van der Waals surface area (Å²) in [5, 5.41) is 10.1. The van der Waals surface area contributed by atoms with Gasteiger partial charge in [-0.2, -0.15) is 0 Å². The summed E-state index contributed by atoms with van der Waals surface area (Å²) in [6.45, 7) is 6.88. The Morgan fingerprint density at radius 1 is 0.976 bits per heavy atom. The van der Waals surface area contributed by atoms with Crippen molar-refractivity contribution in [3.63, 3.8) is 0 Å². The molecule has 2 aromatic heterocycles. The molecule has 0 bridgehead atoms. The molecule has 1 aliphatic rings. The molecular weight excluding hydrogens is 562 g/mol. The SMILES string of the molecule is Cc1c([C@H]2[C@@H](c3ccccn3)NC(=S)N2CCC(=O)Nc2cccc3ccccc23)c(C)n(-c2cccc(Cl)c2)c1C. The minimum absolute atomic E-state index is 0.0599. The molecule has 212 valence electrons. The second kappa shape index (κ2) is 11.6. The Bertz CT molecular complexity index is 1800. The normalized spacial score (nSPS) is 16.6. The fourth-order valence-electron chi connectivity index (χ4n) is 6.17. The van der Waals surface area contributed by atoms with Gasteiger partial charge in [-0.1, -0.05) is 60.1 Å². The maximum absolute atomic E-state index is 13.3. The van der Waals surface area contributed by atoms with E-state index in [1.807, 2.05) is 78.9 Å². The number of carbonyl (C=O) groups is 1. The monoisotopic (exact) mass is 593 g/mol. The van der Waals surface area contributed by atoms with E-state index in [0.29, 0.717) is 16.7 Å². The Balaban J connectivity index is 1.34. The molecule has 0 saturated carbocycles. The van der Waals surface area contributed by atoms with E-state index in [4.69, 9.17) is 28.8 Å². The number of thiocarbonyl (C=S) groups is 1. The number of nitrogens with zero attached hydrogens (tertiary/aromatic N) is 3. The number of carbonyl (C=O) groups excluding carboxylic acids is 1. The van der Waals surface area contributed by atoms with Gasteiger partial charge in [-0.3, -0.25) is 9.78 Å². The van der Waals surface area contributed by atoms with Crippen molar-refractivity contribution in [1.29, 1.82) is 0 Å². The number of pyridine rings is 1. The summed E-state index contributed by atoms with van der Waals surface area (Å²) in [7, 11) is 0. The molecule has 6 rings (SSSR count). The van der Waals surface area contributed by atoms with Crippen molar-refractivity contribution in [3.8, 4) is 5.69 Å². The lowest BCUT2D eigenvalue weighted by Gasteiger charge is -2.29. The molecule has 0 unspecified atom stereocenters. The molecule has 0 aliphatic carbocycles. The molecule has 3 aromatic carbocycles. The van der Waals surface area contributed by atoms with Crippen LogP contribution in [-0.2, 0) is 4.79 Å². The van der Waals surface area contributed by atoms with E-state index < -0.39 is 0 Å². The van der Waals surface area contributed by atoms with Crippen LogP contribution in [-0.4, -0.2) is 32.0 Å². The number of fused-ring (bicyclic) bond motifs is 1. The van der Waals surface area contributed by atoms with E-state index in [2.05, 4.69) is 46.9 Å². The fourth-order valence-corrected chi connectivity index (χ4v) is 6.69. The maximum Gasteiger partial charge on any atom is 0.226 e. The third-order valence-corrected chi connectivity index (χ3v) is 8.80. The first-order valence-electron chi connectivity index (χ1n) is 14.0. The lowest BCUT2D eigenvalue weighted by atomic mass is 9.93. The predicted molar refractivity (Wildman–Crippen MR) is 174 cm³/mol. The van der Waals surface area contributed by atoms with Gasteiger partial charge in [0.2, 0.25) is 5.91 Å². The highest BCUT2D eigenvalue weighted by Gasteiger charge is 2.42. The number of benzene rings is 3. The van der Waals surface area contributed by atoms with Crippen LogP contribution in [0, 0.1) is 20.8 Å². The Morgan fingerprint density at radius 3 is 2.52 bits per heavy atom. The molecule has 0 spiro atoms. The average molecular weight is 594 g/mol. The summed E-state index contributed by atoms with van der Waals surface area (Å²) in [5.74, 6) is -0.0599. The lowest BCUT2D eigenvalue weighted by molar-refractivity contribution is -0.116. The van der Waals surface area contributed by atoms with Gasteiger partial charge in [0.05, 0.1) is 17.8 Å². The van der Waals surface area contributed by atoms with Gasteiger partial charge in [0.15, 0.2) is 5.11 Å². The van der Waals surface area contributed by atoms with E-state index in [1.165, 1.54) is 11.1 Å². The van der Waals surface area contributed by atoms with Crippen molar-refractivity contribution in [2.24, 2.45) is 0 Å². The van der Waals surface area contributed by atoms with E-state index >= 15 is 0 Å². The van der Waals surface area contributed by atoms with Crippen LogP contribution < -0.4 is 10.6 Å². The largest absolute Gasteiger partial charge is 0.352 e. The van der Waals surface area contributed by atoms with Gasteiger partial charge in [-0.25, -0.2) is 0 Å². The van der Waals surface area contributed by atoms with E-state index in [9.17, 15) is 4.79 Å². The molecule has 42 heavy (non-hydrogen) atoms. The number of aromatic nitrogens is 2. The molecule has 1 amide bonds. The molecule has 1 fully saturated rings. The van der Waals surface area contributed by atoms with Crippen molar-refractivity contribution in [1.82, 2.24) is 19.8 Å². The molecule has 2 atom stereocenters. The van der Waals surface area contributed by atoms with Crippen LogP contribution in [0.25, 0.3) is 16.5 Å². The fraction of sp³-hybridized carbons (Fsp3) is 0.206. The zero-order chi connectivity index (χ0) is 29.4. The van der Waals surface area contributed by atoms with Crippen molar-refractivity contribution < 1.29 is 4.79 Å². The first-order valence-corrected chi connectivity index (χ1v) is 14.8. The van der Waals surface area contributed by atoms with Gasteiger partial charge in [-0.15, -0.1) is 0 Å². The summed E-state index contributed by atoms with van der Waals surface area (Å²) in [4.78, 5) is 20.1. The van der Waals surface area contributed by atoms with Gasteiger partial charge < -0.3 is 20.1 Å². The predicted octanol–water partition coefficient (Wildman–Crippen LogP) is 7.61. The second-order valence-corrected chi connectivity index (χ2v) is 11.5. The molecular formula is C34H32ClN5OS. The quantitative estimate of drug-likeness (QED) is 0.190. The van der Waals surface area contributed by atoms with Crippen molar-refractivity contribution in [2.45, 2.75) is 39.3 Å². The zero-order valence-corrected chi connectivity index (χ0v) is 25.3. The number of nitrogens with one attached hydrogen (secondary N) is 2. The number of anilines is 1. The van der Waals surface area contributed by atoms with E-state index in [0.717, 1.165) is 39.2 Å². The topological polar surface area (TPSA) is 62.2 Å². The van der Waals surface area contributed by atoms with Gasteiger partial charge in [0.25, 0.3) is 0 Å². The number of halogens is 1. The zero-order valence-electron chi connectivity index (χ0n) is 23.8. The Kier molecular flexibility index (Phi) is 7.71. The smallest absolute Gasteiger partial charge is 0.226 e. The summed E-state index contributed by atoms with van der Waals surface area (Å²) in [6.07, 6.45) is 2.09. The number of rotatable bonds is 7. The van der Waals surface area contributed by atoms with Crippen LogP contribution in [0.3, 0.4) is 0 Å². The van der Waals surface area contributed by atoms with Crippen LogP contribution >= 0.6 is 23.8 Å². The Hall–Kier alpha value is -4.20. The van der Waals surface area contributed by atoms with Gasteiger partial charge in [0.1, 0.15) is 0 Å². The van der Waals surface area contributed by atoms with Gasteiger partial charge >= 0.3 is 0 Å². The van der Waals surface area contributed by atoms with Crippen molar-refractivity contribution in [2.75, 3.05) is 11.9 Å².